The minimum atomic E-state index is 0.451. The van der Waals surface area contributed by atoms with Crippen LogP contribution in [0.4, 0.5) is 0 Å². The number of hydrogen-bond acceptors (Lipinski definition) is 4. The Bertz CT molecular complexity index is 585. The van der Waals surface area contributed by atoms with Gasteiger partial charge in [0.2, 0.25) is 0 Å². The number of hydrogen-bond donors (Lipinski definition) is 1. The second-order valence-electron chi connectivity index (χ2n) is 5.20. The summed E-state index contributed by atoms with van der Waals surface area (Å²) < 4.78 is 0. The van der Waals surface area contributed by atoms with Crippen molar-refractivity contribution >= 4 is 23.4 Å². The molecule has 2 rings (SSSR count). The molecular formula is C16H20ClN3S. The van der Waals surface area contributed by atoms with Gasteiger partial charge in [-0.15, -0.1) is 11.8 Å². The summed E-state index contributed by atoms with van der Waals surface area (Å²) in [4.78, 5) is 10.3. The molecule has 5 heteroatoms. The third-order valence-electron chi connectivity index (χ3n) is 2.83. The number of nitrogens with zero attached hydrogens (tertiary/aromatic N) is 2. The maximum atomic E-state index is 5.89. The van der Waals surface area contributed by atoms with Crippen LogP contribution >= 0.6 is 23.4 Å². The monoisotopic (exact) mass is 321 g/mol. The van der Waals surface area contributed by atoms with Crippen LogP contribution in [0.2, 0.25) is 5.02 Å². The molecule has 21 heavy (non-hydrogen) atoms. The highest BCUT2D eigenvalue weighted by atomic mass is 35.5. The lowest BCUT2D eigenvalue weighted by Crippen LogP contribution is -2.22. The first-order valence-corrected chi connectivity index (χ1v) is 8.34. The largest absolute Gasteiger partial charge is 0.309 e. The Kier molecular flexibility index (Phi) is 6.03. The van der Waals surface area contributed by atoms with Gasteiger partial charge in [0.25, 0.3) is 0 Å². The Morgan fingerprint density at radius 3 is 2.57 bits per heavy atom. The fourth-order valence-corrected chi connectivity index (χ4v) is 2.72. The number of rotatable bonds is 6. The van der Waals surface area contributed by atoms with Crippen LogP contribution in [0.5, 0.6) is 0 Å². The van der Waals surface area contributed by atoms with Gasteiger partial charge in [-0.2, -0.15) is 0 Å². The summed E-state index contributed by atoms with van der Waals surface area (Å²) in [6.45, 7) is 7.05. The highest BCUT2D eigenvalue weighted by Gasteiger charge is 2.04. The zero-order valence-corrected chi connectivity index (χ0v) is 14.1. The van der Waals surface area contributed by atoms with Crippen LogP contribution < -0.4 is 5.32 Å². The summed E-state index contributed by atoms with van der Waals surface area (Å²) in [6.07, 6.45) is 0. The Hall–Kier alpha value is -1.10. The van der Waals surface area contributed by atoms with Crippen molar-refractivity contribution in [1.29, 1.82) is 0 Å². The zero-order valence-electron chi connectivity index (χ0n) is 12.6. The van der Waals surface area contributed by atoms with Gasteiger partial charge in [0.15, 0.2) is 0 Å². The van der Waals surface area contributed by atoms with Crippen molar-refractivity contribution < 1.29 is 0 Å². The summed E-state index contributed by atoms with van der Waals surface area (Å²) in [6, 6.07) is 10.3. The minimum Gasteiger partial charge on any atom is -0.309 e. The van der Waals surface area contributed by atoms with Crippen LogP contribution in [-0.4, -0.2) is 16.0 Å². The van der Waals surface area contributed by atoms with Gasteiger partial charge < -0.3 is 5.32 Å². The lowest BCUT2D eigenvalue weighted by molar-refractivity contribution is 0.579. The van der Waals surface area contributed by atoms with Gasteiger partial charge in [0.1, 0.15) is 5.82 Å². The van der Waals surface area contributed by atoms with E-state index in [9.17, 15) is 0 Å². The Balaban J connectivity index is 2.00. The van der Waals surface area contributed by atoms with E-state index >= 15 is 0 Å². The standard InChI is InChI=1S/C16H20ClN3S/c1-11(2)18-9-14-8-12(3)19-16(20-14)10-21-15-6-4-13(17)5-7-15/h4-8,11,18H,9-10H2,1-3H3. The normalized spacial score (nSPS) is 11.1. The smallest absolute Gasteiger partial charge is 0.139 e. The molecule has 0 spiro atoms. The van der Waals surface area contributed by atoms with E-state index in [0.29, 0.717) is 6.04 Å². The minimum absolute atomic E-state index is 0.451. The van der Waals surface area contributed by atoms with Crippen LogP contribution in [0, 0.1) is 6.92 Å². The molecule has 0 aliphatic heterocycles. The van der Waals surface area contributed by atoms with Crippen molar-refractivity contribution in [1.82, 2.24) is 15.3 Å². The van der Waals surface area contributed by atoms with E-state index in [1.165, 1.54) is 4.90 Å². The summed E-state index contributed by atoms with van der Waals surface area (Å²) in [7, 11) is 0. The number of aromatic nitrogens is 2. The Morgan fingerprint density at radius 1 is 1.19 bits per heavy atom. The number of nitrogens with one attached hydrogen (secondary N) is 1. The molecule has 0 saturated heterocycles. The zero-order chi connectivity index (χ0) is 15.2. The Labute approximate surface area is 135 Å². The molecule has 112 valence electrons. The van der Waals surface area contributed by atoms with E-state index < -0.39 is 0 Å². The Morgan fingerprint density at radius 2 is 1.90 bits per heavy atom. The van der Waals surface area contributed by atoms with Gasteiger partial charge in [-0.05, 0) is 37.3 Å². The van der Waals surface area contributed by atoms with E-state index in [2.05, 4.69) is 29.1 Å². The molecular weight excluding hydrogens is 302 g/mol. The van der Waals surface area contributed by atoms with Crippen LogP contribution in [0.1, 0.15) is 31.1 Å². The quantitative estimate of drug-likeness (QED) is 0.808. The molecule has 3 nitrogen and oxygen atoms in total. The fourth-order valence-electron chi connectivity index (χ4n) is 1.84. The summed E-state index contributed by atoms with van der Waals surface area (Å²) in [5, 5.41) is 4.14. The van der Waals surface area contributed by atoms with E-state index in [1.807, 2.05) is 37.3 Å². The van der Waals surface area contributed by atoms with E-state index in [-0.39, 0.29) is 0 Å². The molecule has 0 unspecified atom stereocenters. The van der Waals surface area contributed by atoms with Crippen molar-refractivity contribution in [2.24, 2.45) is 0 Å². The van der Waals surface area contributed by atoms with Crippen LogP contribution in [0.25, 0.3) is 0 Å². The molecule has 1 aromatic heterocycles. The van der Waals surface area contributed by atoms with Crippen molar-refractivity contribution in [2.75, 3.05) is 0 Å². The average molecular weight is 322 g/mol. The van der Waals surface area contributed by atoms with Crippen molar-refractivity contribution in [3.05, 3.63) is 52.6 Å². The molecule has 0 amide bonds. The number of aryl methyl sites for hydroxylation is 1. The predicted molar refractivity (Wildman–Crippen MR) is 89.8 cm³/mol. The number of thioether (sulfide) groups is 1. The molecule has 1 N–H and O–H groups in total. The molecule has 0 bridgehead atoms. The van der Waals surface area contributed by atoms with Gasteiger partial charge in [-0.1, -0.05) is 25.4 Å². The molecule has 0 aliphatic carbocycles. The molecule has 0 aliphatic rings. The summed E-state index contributed by atoms with van der Waals surface area (Å²) in [5.74, 6) is 1.63. The molecule has 0 radical (unpaired) electrons. The molecule has 2 aromatic rings. The highest BCUT2D eigenvalue weighted by Crippen LogP contribution is 2.23. The van der Waals surface area contributed by atoms with E-state index in [0.717, 1.165) is 34.5 Å². The van der Waals surface area contributed by atoms with E-state index in [1.54, 1.807) is 11.8 Å². The molecule has 0 fully saturated rings. The lowest BCUT2D eigenvalue weighted by atomic mass is 10.3. The van der Waals surface area contributed by atoms with Crippen LogP contribution in [-0.2, 0) is 12.3 Å². The van der Waals surface area contributed by atoms with Crippen molar-refractivity contribution in [3.63, 3.8) is 0 Å². The van der Waals surface area contributed by atoms with Crippen molar-refractivity contribution in [2.45, 2.75) is 44.0 Å². The molecule has 1 aromatic carbocycles. The summed E-state index contributed by atoms with van der Waals surface area (Å²) >= 11 is 7.61. The first kappa shape index (κ1) is 16.3. The highest BCUT2D eigenvalue weighted by molar-refractivity contribution is 7.98. The lowest BCUT2D eigenvalue weighted by Gasteiger charge is -2.09. The third kappa shape index (κ3) is 5.65. The van der Waals surface area contributed by atoms with Gasteiger partial charge in [-0.3, -0.25) is 0 Å². The maximum Gasteiger partial charge on any atom is 0.139 e. The molecule has 0 atom stereocenters. The second kappa shape index (κ2) is 7.78. The van der Waals surface area contributed by atoms with Gasteiger partial charge in [0, 0.05) is 28.2 Å². The second-order valence-corrected chi connectivity index (χ2v) is 6.68. The maximum absolute atomic E-state index is 5.89. The van der Waals surface area contributed by atoms with E-state index in [4.69, 9.17) is 11.6 Å². The van der Waals surface area contributed by atoms with Crippen LogP contribution in [0.3, 0.4) is 0 Å². The van der Waals surface area contributed by atoms with Gasteiger partial charge in [0.05, 0.1) is 11.4 Å². The average Bonchev–Trinajstić information content (AvgIpc) is 2.44. The molecule has 0 saturated carbocycles. The summed E-state index contributed by atoms with van der Waals surface area (Å²) in [5.41, 5.74) is 2.06. The topological polar surface area (TPSA) is 37.8 Å². The first-order chi connectivity index (χ1) is 10.0. The van der Waals surface area contributed by atoms with Gasteiger partial charge in [-0.25, -0.2) is 9.97 Å². The third-order valence-corrected chi connectivity index (χ3v) is 4.09. The number of benzene rings is 1. The fraction of sp³-hybridized carbons (Fsp3) is 0.375. The van der Waals surface area contributed by atoms with Gasteiger partial charge >= 0.3 is 0 Å². The first-order valence-electron chi connectivity index (χ1n) is 6.98. The SMILES string of the molecule is Cc1cc(CNC(C)C)nc(CSc2ccc(Cl)cc2)n1. The predicted octanol–water partition coefficient (Wildman–Crippen LogP) is 4.23. The number of halogens is 1. The molecule has 1 heterocycles. The van der Waals surface area contributed by atoms with Crippen LogP contribution in [0.15, 0.2) is 35.2 Å². The van der Waals surface area contributed by atoms with Crippen molar-refractivity contribution in [3.8, 4) is 0 Å².